The molecule has 29 heavy (non-hydrogen) atoms. The van der Waals surface area contributed by atoms with Crippen LogP contribution in [0.15, 0.2) is 55.0 Å². The van der Waals surface area contributed by atoms with Crippen LogP contribution in [-0.4, -0.2) is 30.4 Å². The zero-order chi connectivity index (χ0) is 20.2. The van der Waals surface area contributed by atoms with E-state index < -0.39 is 0 Å². The highest BCUT2D eigenvalue weighted by molar-refractivity contribution is 5.78. The molecule has 0 aliphatic heterocycles. The first kappa shape index (κ1) is 18.5. The van der Waals surface area contributed by atoms with Gasteiger partial charge >= 0.3 is 0 Å². The number of amides is 1. The number of aromatic nitrogens is 5. The second-order valence-corrected chi connectivity index (χ2v) is 6.55. The summed E-state index contributed by atoms with van der Waals surface area (Å²) in [5.74, 6) is 1.27. The molecule has 0 aliphatic carbocycles. The normalized spacial score (nSPS) is 10.8. The number of aryl methyl sites for hydroxylation is 1. The molecule has 0 radical (unpaired) electrons. The van der Waals surface area contributed by atoms with E-state index in [0.29, 0.717) is 12.5 Å². The van der Waals surface area contributed by atoms with Gasteiger partial charge in [-0.1, -0.05) is 12.1 Å². The molecule has 146 valence electrons. The van der Waals surface area contributed by atoms with Crippen LogP contribution in [-0.2, 0) is 17.9 Å². The summed E-state index contributed by atoms with van der Waals surface area (Å²) in [6, 6.07) is 11.6. The maximum Gasteiger partial charge on any atom is 0.229 e. The average Bonchev–Trinajstić information content (AvgIpc) is 3.11. The lowest BCUT2D eigenvalue weighted by Gasteiger charge is -2.08. The zero-order valence-electron chi connectivity index (χ0n) is 16.3. The minimum absolute atomic E-state index is 0.0602. The van der Waals surface area contributed by atoms with Gasteiger partial charge in [-0.05, 0) is 36.8 Å². The molecule has 0 saturated heterocycles. The number of pyridine rings is 1. The topological polar surface area (TPSA) is 97.6 Å². The van der Waals surface area contributed by atoms with Gasteiger partial charge in [0.15, 0.2) is 5.65 Å². The van der Waals surface area contributed by atoms with E-state index >= 15 is 0 Å². The van der Waals surface area contributed by atoms with Crippen molar-refractivity contribution in [1.29, 1.82) is 0 Å². The lowest BCUT2D eigenvalue weighted by atomic mass is 10.2. The van der Waals surface area contributed by atoms with Crippen molar-refractivity contribution in [2.24, 2.45) is 0 Å². The average molecular weight is 387 g/mol. The zero-order valence-corrected chi connectivity index (χ0v) is 16.3. The molecule has 4 rings (SSSR count). The fourth-order valence-electron chi connectivity index (χ4n) is 3.11. The van der Waals surface area contributed by atoms with Crippen molar-refractivity contribution in [3.63, 3.8) is 0 Å². The second kappa shape index (κ2) is 8.05. The van der Waals surface area contributed by atoms with E-state index in [-0.39, 0.29) is 5.91 Å². The molecule has 2 N–H and O–H groups in total. The fraction of sp³-hybridized carbons (Fsp3) is 0.190. The number of carbonyl (C=O) groups is 1. The van der Waals surface area contributed by atoms with Gasteiger partial charge < -0.3 is 15.2 Å². The monoisotopic (exact) mass is 387 g/mol. The van der Waals surface area contributed by atoms with Crippen molar-refractivity contribution in [2.45, 2.75) is 26.9 Å². The minimum Gasteiger partial charge on any atom is -0.352 e. The van der Waals surface area contributed by atoms with E-state index in [4.69, 9.17) is 4.98 Å². The number of nitrogens with one attached hydrogen (secondary N) is 2. The SMILES string of the molecule is CCn1c(-c2ccncc2)nc2cnc(Nc3cccc(CNC(C)=O)c3)nc21. The number of imidazole rings is 1. The molecule has 1 aromatic carbocycles. The number of anilines is 2. The Morgan fingerprint density at radius 2 is 1.97 bits per heavy atom. The molecule has 0 bridgehead atoms. The molecule has 3 heterocycles. The molecule has 1 amide bonds. The molecule has 0 saturated carbocycles. The Labute approximate surface area is 168 Å². The number of hydrogen-bond acceptors (Lipinski definition) is 6. The number of rotatable bonds is 6. The first-order valence-electron chi connectivity index (χ1n) is 9.38. The molecule has 0 spiro atoms. The lowest BCUT2D eigenvalue weighted by molar-refractivity contribution is -0.119. The van der Waals surface area contributed by atoms with Crippen LogP contribution in [0.4, 0.5) is 11.6 Å². The van der Waals surface area contributed by atoms with Crippen LogP contribution in [0, 0.1) is 0 Å². The number of benzene rings is 1. The van der Waals surface area contributed by atoms with Gasteiger partial charge in [0.2, 0.25) is 11.9 Å². The van der Waals surface area contributed by atoms with Crippen molar-refractivity contribution in [3.8, 4) is 11.4 Å². The molecule has 8 nitrogen and oxygen atoms in total. The van der Waals surface area contributed by atoms with E-state index in [0.717, 1.165) is 40.3 Å². The van der Waals surface area contributed by atoms with Crippen LogP contribution in [0.3, 0.4) is 0 Å². The largest absolute Gasteiger partial charge is 0.352 e. The molecule has 8 heteroatoms. The Morgan fingerprint density at radius 3 is 2.72 bits per heavy atom. The van der Waals surface area contributed by atoms with E-state index in [9.17, 15) is 4.79 Å². The Bertz CT molecular complexity index is 1150. The number of nitrogens with zero attached hydrogens (tertiary/aromatic N) is 5. The van der Waals surface area contributed by atoms with Crippen LogP contribution in [0.5, 0.6) is 0 Å². The standard InChI is InChI=1S/C21H21N7O/c1-3-28-19(16-7-9-22-10-8-16)26-18-13-24-21(27-20(18)28)25-17-6-4-5-15(11-17)12-23-14(2)29/h4-11,13H,3,12H2,1-2H3,(H,23,29)(H,24,25,27). The lowest BCUT2D eigenvalue weighted by Crippen LogP contribution is -2.18. The van der Waals surface area contributed by atoms with Gasteiger partial charge in [-0.2, -0.15) is 4.98 Å². The van der Waals surface area contributed by atoms with Gasteiger partial charge in [-0.25, -0.2) is 9.97 Å². The first-order valence-corrected chi connectivity index (χ1v) is 9.38. The molecule has 4 aromatic rings. The number of fused-ring (bicyclic) bond motifs is 1. The molecule has 0 aliphatic rings. The summed E-state index contributed by atoms with van der Waals surface area (Å²) < 4.78 is 2.06. The summed E-state index contributed by atoms with van der Waals surface area (Å²) >= 11 is 0. The van der Waals surface area contributed by atoms with Crippen LogP contribution in [0.2, 0.25) is 0 Å². The van der Waals surface area contributed by atoms with Crippen molar-refractivity contribution in [1.82, 2.24) is 29.8 Å². The van der Waals surface area contributed by atoms with Crippen molar-refractivity contribution in [2.75, 3.05) is 5.32 Å². The highest BCUT2D eigenvalue weighted by atomic mass is 16.1. The Morgan fingerprint density at radius 1 is 1.14 bits per heavy atom. The third kappa shape index (κ3) is 4.06. The summed E-state index contributed by atoms with van der Waals surface area (Å²) in [6.07, 6.45) is 5.23. The maximum atomic E-state index is 11.1. The highest BCUT2D eigenvalue weighted by Crippen LogP contribution is 2.24. The Balaban J connectivity index is 1.64. The Hall–Kier alpha value is -3.81. The first-order chi connectivity index (χ1) is 14.1. The van der Waals surface area contributed by atoms with Crippen LogP contribution in [0.25, 0.3) is 22.6 Å². The molecule has 3 aromatic heterocycles. The summed E-state index contributed by atoms with van der Waals surface area (Å²) in [5.41, 5.74) is 4.34. The van der Waals surface area contributed by atoms with E-state index in [2.05, 4.69) is 37.1 Å². The van der Waals surface area contributed by atoms with Crippen molar-refractivity contribution < 1.29 is 4.79 Å². The van der Waals surface area contributed by atoms with Crippen LogP contribution in [0.1, 0.15) is 19.4 Å². The van der Waals surface area contributed by atoms with Crippen LogP contribution >= 0.6 is 0 Å². The smallest absolute Gasteiger partial charge is 0.229 e. The fourth-order valence-corrected chi connectivity index (χ4v) is 3.11. The van der Waals surface area contributed by atoms with E-state index in [1.54, 1.807) is 18.6 Å². The van der Waals surface area contributed by atoms with Gasteiger partial charge in [0.25, 0.3) is 0 Å². The van der Waals surface area contributed by atoms with Gasteiger partial charge in [0, 0.05) is 43.7 Å². The molecular weight excluding hydrogens is 366 g/mol. The summed E-state index contributed by atoms with van der Waals surface area (Å²) in [5, 5.41) is 6.03. The molecular formula is C21H21N7O. The summed E-state index contributed by atoms with van der Waals surface area (Å²) in [7, 11) is 0. The quantitative estimate of drug-likeness (QED) is 0.527. The third-order valence-corrected chi connectivity index (χ3v) is 4.47. The van der Waals surface area contributed by atoms with E-state index in [1.807, 2.05) is 36.4 Å². The summed E-state index contributed by atoms with van der Waals surface area (Å²) in [4.78, 5) is 29.0. The Kier molecular flexibility index (Phi) is 5.15. The molecule has 0 fully saturated rings. The predicted octanol–water partition coefficient (Wildman–Crippen LogP) is 3.29. The third-order valence-electron chi connectivity index (χ3n) is 4.47. The van der Waals surface area contributed by atoms with Gasteiger partial charge in [0.05, 0.1) is 6.20 Å². The van der Waals surface area contributed by atoms with Gasteiger partial charge in [0.1, 0.15) is 11.3 Å². The van der Waals surface area contributed by atoms with Gasteiger partial charge in [-0.15, -0.1) is 0 Å². The van der Waals surface area contributed by atoms with Crippen molar-refractivity contribution >= 4 is 28.7 Å². The highest BCUT2D eigenvalue weighted by Gasteiger charge is 2.14. The second-order valence-electron chi connectivity index (χ2n) is 6.55. The van der Waals surface area contributed by atoms with E-state index in [1.165, 1.54) is 6.92 Å². The molecule has 0 atom stereocenters. The minimum atomic E-state index is -0.0602. The summed E-state index contributed by atoms with van der Waals surface area (Å²) in [6.45, 7) is 4.77. The van der Waals surface area contributed by atoms with Crippen molar-refractivity contribution in [3.05, 3.63) is 60.6 Å². The number of hydrogen-bond donors (Lipinski definition) is 2. The van der Waals surface area contributed by atoms with Crippen LogP contribution < -0.4 is 10.6 Å². The molecule has 0 unspecified atom stereocenters. The van der Waals surface area contributed by atoms with Gasteiger partial charge in [-0.3, -0.25) is 9.78 Å². The number of carbonyl (C=O) groups excluding carboxylic acids is 1. The maximum absolute atomic E-state index is 11.1. The predicted molar refractivity (Wildman–Crippen MR) is 111 cm³/mol.